The molecule has 3 rings (SSSR count). The van der Waals surface area contributed by atoms with E-state index in [1.54, 1.807) is 0 Å². The highest BCUT2D eigenvalue weighted by Gasteiger charge is 2.62. The molecule has 0 radical (unpaired) electrons. The van der Waals surface area contributed by atoms with E-state index in [1.165, 1.54) is 0 Å². The summed E-state index contributed by atoms with van der Waals surface area (Å²) in [6, 6.07) is 0. The largest absolute Gasteiger partial charge is 0.393 e. The Morgan fingerprint density at radius 3 is 2.65 bits per heavy atom. The fourth-order valence-corrected chi connectivity index (χ4v) is 5.30. The van der Waals surface area contributed by atoms with Crippen molar-refractivity contribution in [2.24, 2.45) is 11.3 Å². The molecule has 0 aromatic carbocycles. The third-order valence-corrected chi connectivity index (χ3v) is 6.88. The van der Waals surface area contributed by atoms with E-state index in [2.05, 4.69) is 6.58 Å². The molecule has 0 bridgehead atoms. The first-order valence-electron chi connectivity index (χ1n) is 9.51. The molecule has 5 atom stereocenters. The lowest BCUT2D eigenvalue weighted by molar-refractivity contribution is -0.158. The monoisotopic (exact) mass is 362 g/mol. The van der Waals surface area contributed by atoms with Crippen LogP contribution in [-0.4, -0.2) is 50.6 Å². The highest BCUT2D eigenvalue weighted by atomic mass is 16.3. The highest BCUT2D eigenvalue weighted by Crippen LogP contribution is 2.59. The first-order valence-corrected chi connectivity index (χ1v) is 9.51. The van der Waals surface area contributed by atoms with Gasteiger partial charge in [0.15, 0.2) is 5.78 Å². The minimum absolute atomic E-state index is 0.00923. The molecule has 3 fully saturated rings. The van der Waals surface area contributed by atoms with E-state index in [1.807, 2.05) is 19.1 Å². The molecule has 26 heavy (non-hydrogen) atoms. The van der Waals surface area contributed by atoms with Crippen LogP contribution in [0.4, 0.5) is 0 Å². The number of Topliss-reactive ketones (excluding diaryl/α,β-unsaturated/α-hetero) is 1. The van der Waals surface area contributed by atoms with Crippen LogP contribution in [0.1, 0.15) is 51.9 Å². The van der Waals surface area contributed by atoms with Crippen molar-refractivity contribution in [3.05, 3.63) is 35.5 Å². The second-order valence-corrected chi connectivity index (χ2v) is 8.45. The molecule has 0 spiro atoms. The van der Waals surface area contributed by atoms with Crippen molar-refractivity contribution in [2.45, 2.75) is 69.7 Å². The van der Waals surface area contributed by atoms with Crippen LogP contribution in [0.3, 0.4) is 0 Å². The molecular formula is C21H30O5. The van der Waals surface area contributed by atoms with Gasteiger partial charge in [-0.15, -0.1) is 0 Å². The average molecular weight is 362 g/mol. The van der Waals surface area contributed by atoms with Crippen LogP contribution in [0.15, 0.2) is 35.5 Å². The molecule has 144 valence electrons. The Labute approximate surface area is 154 Å². The maximum absolute atomic E-state index is 12.2. The lowest BCUT2D eigenvalue weighted by Gasteiger charge is -2.47. The van der Waals surface area contributed by atoms with Crippen molar-refractivity contribution >= 4 is 5.78 Å². The topological polar surface area (TPSA) is 98.0 Å². The van der Waals surface area contributed by atoms with Crippen molar-refractivity contribution in [1.82, 2.24) is 0 Å². The molecule has 0 saturated heterocycles. The molecule has 5 nitrogen and oxygen atoms in total. The van der Waals surface area contributed by atoms with E-state index in [4.69, 9.17) is 0 Å². The van der Waals surface area contributed by atoms with Crippen molar-refractivity contribution in [2.75, 3.05) is 6.61 Å². The number of aliphatic hydroxyl groups is 4. The number of hydrogen-bond donors (Lipinski definition) is 4. The van der Waals surface area contributed by atoms with Crippen LogP contribution in [0.25, 0.3) is 0 Å². The maximum Gasteiger partial charge on any atom is 0.190 e. The molecule has 0 aromatic heterocycles. The van der Waals surface area contributed by atoms with Crippen LogP contribution in [0, 0.1) is 11.3 Å². The Morgan fingerprint density at radius 1 is 1.23 bits per heavy atom. The zero-order valence-electron chi connectivity index (χ0n) is 15.4. The zero-order chi connectivity index (χ0) is 19.1. The van der Waals surface area contributed by atoms with Crippen molar-refractivity contribution in [1.29, 1.82) is 0 Å². The lowest BCUT2D eigenvalue weighted by Crippen LogP contribution is -2.55. The number of rotatable bonds is 3. The Balaban J connectivity index is 1.92. The average Bonchev–Trinajstić information content (AvgIpc) is 2.86. The third-order valence-electron chi connectivity index (χ3n) is 6.88. The Kier molecular flexibility index (Phi) is 5.28. The molecule has 0 heterocycles. The summed E-state index contributed by atoms with van der Waals surface area (Å²) in [6.07, 6.45) is 6.92. The first-order chi connectivity index (χ1) is 12.2. The van der Waals surface area contributed by atoms with Gasteiger partial charge in [0, 0.05) is 5.41 Å². The first kappa shape index (κ1) is 19.5. The quantitative estimate of drug-likeness (QED) is 0.614. The molecule has 3 saturated carbocycles. The standard InChI is InChI=1S/C21H30O5/c1-13-3-6-16(23)9-14(13)4-5-15-10-17(24)11-20(2)18(15)7-8-21(20,26)19(25)12-22/h4-5,16-18,22-24,26H,1,3,6-12H2,2H3/t16-,17+,18+,20+,21-/m1/s1. The molecule has 5 heteroatoms. The minimum atomic E-state index is -1.59. The van der Waals surface area contributed by atoms with Gasteiger partial charge in [-0.2, -0.15) is 0 Å². The van der Waals surface area contributed by atoms with E-state index >= 15 is 0 Å². The Morgan fingerprint density at radius 2 is 1.96 bits per heavy atom. The second kappa shape index (κ2) is 7.04. The van der Waals surface area contributed by atoms with Crippen LogP contribution in [0.2, 0.25) is 0 Å². The van der Waals surface area contributed by atoms with Gasteiger partial charge in [0.05, 0.1) is 12.2 Å². The summed E-state index contributed by atoms with van der Waals surface area (Å²) in [5, 5.41) is 40.6. The summed E-state index contributed by atoms with van der Waals surface area (Å²) in [4.78, 5) is 12.2. The summed E-state index contributed by atoms with van der Waals surface area (Å²) in [5.74, 6) is -0.567. The molecular weight excluding hydrogens is 332 g/mol. The predicted octanol–water partition coefficient (Wildman–Crippen LogP) is 1.80. The summed E-state index contributed by atoms with van der Waals surface area (Å²) in [5.41, 5.74) is 0.707. The molecule has 0 aliphatic heterocycles. The van der Waals surface area contributed by atoms with Crippen molar-refractivity contribution < 1.29 is 25.2 Å². The van der Waals surface area contributed by atoms with Crippen molar-refractivity contribution in [3.8, 4) is 0 Å². The molecule has 0 aromatic rings. The van der Waals surface area contributed by atoms with E-state index < -0.39 is 29.5 Å². The molecule has 0 amide bonds. The molecule has 3 aliphatic carbocycles. The van der Waals surface area contributed by atoms with Gasteiger partial charge < -0.3 is 20.4 Å². The summed E-state index contributed by atoms with van der Waals surface area (Å²) < 4.78 is 0. The van der Waals surface area contributed by atoms with Crippen molar-refractivity contribution in [3.63, 3.8) is 0 Å². The third kappa shape index (κ3) is 3.11. The Bertz CT molecular complexity index is 663. The minimum Gasteiger partial charge on any atom is -0.393 e. The van der Waals surface area contributed by atoms with Gasteiger partial charge in [-0.3, -0.25) is 4.79 Å². The normalized spacial score (nSPS) is 43.7. The van der Waals surface area contributed by atoms with E-state index in [9.17, 15) is 25.2 Å². The van der Waals surface area contributed by atoms with E-state index in [0.717, 1.165) is 29.6 Å². The number of allylic oxidation sites excluding steroid dienone is 3. The van der Waals surface area contributed by atoms with Crippen LogP contribution >= 0.6 is 0 Å². The SMILES string of the molecule is C=C1CC[C@@H](O)CC1=CC=C1C[C@H](O)C[C@@]2(C)[C@H]1CC[C@@]2(O)C(=O)CO. The van der Waals surface area contributed by atoms with Gasteiger partial charge in [-0.05, 0) is 56.4 Å². The number of hydrogen-bond acceptors (Lipinski definition) is 5. The fraction of sp³-hybridized carbons (Fsp3) is 0.667. The maximum atomic E-state index is 12.2. The van der Waals surface area contributed by atoms with Gasteiger partial charge in [-0.25, -0.2) is 0 Å². The number of ketones is 1. The molecule has 0 unspecified atom stereocenters. The second-order valence-electron chi connectivity index (χ2n) is 8.45. The van der Waals surface area contributed by atoms with Crippen LogP contribution < -0.4 is 0 Å². The smallest absolute Gasteiger partial charge is 0.190 e. The number of carbonyl (C=O) groups is 1. The number of carbonyl (C=O) groups excluding carboxylic acids is 1. The van der Waals surface area contributed by atoms with E-state index in [0.29, 0.717) is 32.1 Å². The zero-order valence-corrected chi connectivity index (χ0v) is 15.4. The van der Waals surface area contributed by atoms with Gasteiger partial charge >= 0.3 is 0 Å². The number of fused-ring (bicyclic) bond motifs is 1. The lowest BCUT2D eigenvalue weighted by atomic mass is 9.60. The predicted molar refractivity (Wildman–Crippen MR) is 98.3 cm³/mol. The molecule has 3 aliphatic rings. The number of aliphatic hydroxyl groups excluding tert-OH is 3. The van der Waals surface area contributed by atoms with Gasteiger partial charge in [0.1, 0.15) is 12.2 Å². The van der Waals surface area contributed by atoms with Gasteiger partial charge in [-0.1, -0.05) is 36.8 Å². The summed E-state index contributed by atoms with van der Waals surface area (Å²) >= 11 is 0. The van der Waals surface area contributed by atoms with Gasteiger partial charge in [0.2, 0.25) is 0 Å². The Hall–Kier alpha value is -1.27. The van der Waals surface area contributed by atoms with Gasteiger partial charge in [0.25, 0.3) is 0 Å². The molecule has 4 N–H and O–H groups in total. The van der Waals surface area contributed by atoms with Crippen LogP contribution in [-0.2, 0) is 4.79 Å². The highest BCUT2D eigenvalue weighted by molar-refractivity contribution is 5.89. The fourth-order valence-electron chi connectivity index (χ4n) is 5.30. The summed E-state index contributed by atoms with van der Waals surface area (Å²) in [6.45, 7) is 5.24. The van der Waals surface area contributed by atoms with Crippen LogP contribution in [0.5, 0.6) is 0 Å². The van der Waals surface area contributed by atoms with E-state index in [-0.39, 0.29) is 12.0 Å². The summed E-state index contributed by atoms with van der Waals surface area (Å²) in [7, 11) is 0.